The summed E-state index contributed by atoms with van der Waals surface area (Å²) in [4.78, 5) is 15.3. The van der Waals surface area contributed by atoms with Gasteiger partial charge in [0.05, 0.1) is 17.6 Å². The van der Waals surface area contributed by atoms with Crippen molar-refractivity contribution in [3.05, 3.63) is 60.4 Å². The summed E-state index contributed by atoms with van der Waals surface area (Å²) in [5.41, 5.74) is 4.50. The van der Waals surface area contributed by atoms with E-state index in [0.29, 0.717) is 6.54 Å². The summed E-state index contributed by atoms with van der Waals surface area (Å²) in [7, 11) is 0. The zero-order valence-electron chi connectivity index (χ0n) is 12.7. The van der Waals surface area contributed by atoms with Gasteiger partial charge in [0.25, 0.3) is 0 Å². The molecule has 1 amide bonds. The number of H-pyrrole nitrogens is 1. The van der Waals surface area contributed by atoms with Crippen LogP contribution >= 0.6 is 0 Å². The highest BCUT2D eigenvalue weighted by molar-refractivity contribution is 5.88. The molecular formula is C17H17N5O. The van der Waals surface area contributed by atoms with Gasteiger partial charge in [-0.1, -0.05) is 18.2 Å². The van der Waals surface area contributed by atoms with E-state index in [-0.39, 0.29) is 5.91 Å². The van der Waals surface area contributed by atoms with Crippen molar-refractivity contribution in [3.63, 3.8) is 0 Å². The Kier molecular flexibility index (Phi) is 4.33. The number of carbonyl (C=O) groups is 1. The Hall–Kier alpha value is -3.15. The van der Waals surface area contributed by atoms with Crippen molar-refractivity contribution in [2.75, 3.05) is 10.6 Å². The molecule has 1 aromatic carbocycles. The quantitative estimate of drug-likeness (QED) is 0.676. The van der Waals surface area contributed by atoms with Gasteiger partial charge in [-0.2, -0.15) is 5.10 Å². The van der Waals surface area contributed by atoms with Crippen LogP contribution in [0.5, 0.6) is 0 Å². The summed E-state index contributed by atoms with van der Waals surface area (Å²) in [5, 5.41) is 13.1. The molecule has 0 radical (unpaired) electrons. The molecule has 0 spiro atoms. The van der Waals surface area contributed by atoms with Crippen LogP contribution in [0, 0.1) is 0 Å². The number of aromatic amines is 1. The van der Waals surface area contributed by atoms with E-state index in [1.54, 1.807) is 12.4 Å². The van der Waals surface area contributed by atoms with Gasteiger partial charge in [-0.25, -0.2) is 0 Å². The van der Waals surface area contributed by atoms with Gasteiger partial charge < -0.3 is 10.6 Å². The molecule has 3 aromatic rings. The molecule has 0 aliphatic heterocycles. The SMILES string of the molecule is CC(=O)Nc1ccc(CNc2cn[nH]c2-c2ccccn2)cc1. The van der Waals surface area contributed by atoms with Gasteiger partial charge in [0, 0.05) is 25.4 Å². The first-order valence-corrected chi connectivity index (χ1v) is 7.27. The van der Waals surface area contributed by atoms with Gasteiger partial charge in [-0.3, -0.25) is 14.9 Å². The first kappa shape index (κ1) is 14.8. The summed E-state index contributed by atoms with van der Waals surface area (Å²) in [6.45, 7) is 2.15. The highest BCUT2D eigenvalue weighted by Crippen LogP contribution is 2.23. The lowest BCUT2D eigenvalue weighted by atomic mass is 10.2. The van der Waals surface area contributed by atoms with Crippen molar-refractivity contribution in [2.45, 2.75) is 13.5 Å². The molecule has 3 rings (SSSR count). The van der Waals surface area contributed by atoms with E-state index < -0.39 is 0 Å². The monoisotopic (exact) mass is 307 g/mol. The van der Waals surface area contributed by atoms with Crippen LogP contribution in [-0.4, -0.2) is 21.1 Å². The standard InChI is InChI=1S/C17H17N5O/c1-12(23)21-14-7-5-13(6-8-14)10-19-16-11-20-22-17(16)15-4-2-3-9-18-15/h2-9,11,19H,10H2,1H3,(H,20,22)(H,21,23). The second kappa shape index (κ2) is 6.74. The Morgan fingerprint density at radius 2 is 2.00 bits per heavy atom. The maximum Gasteiger partial charge on any atom is 0.221 e. The van der Waals surface area contributed by atoms with Crippen LogP contribution in [0.2, 0.25) is 0 Å². The third-order valence-electron chi connectivity index (χ3n) is 3.32. The average molecular weight is 307 g/mol. The zero-order chi connectivity index (χ0) is 16.1. The number of hydrogen-bond donors (Lipinski definition) is 3. The molecule has 0 saturated carbocycles. The molecule has 0 aliphatic carbocycles. The van der Waals surface area contributed by atoms with Crippen molar-refractivity contribution in [2.24, 2.45) is 0 Å². The van der Waals surface area contributed by atoms with Crippen LogP contribution in [0.4, 0.5) is 11.4 Å². The van der Waals surface area contributed by atoms with E-state index in [2.05, 4.69) is 25.8 Å². The fraction of sp³-hybridized carbons (Fsp3) is 0.118. The lowest BCUT2D eigenvalue weighted by Crippen LogP contribution is -2.06. The third kappa shape index (κ3) is 3.74. The van der Waals surface area contributed by atoms with Gasteiger partial charge >= 0.3 is 0 Å². The number of amides is 1. The Morgan fingerprint density at radius 1 is 1.17 bits per heavy atom. The van der Waals surface area contributed by atoms with E-state index in [1.165, 1.54) is 6.92 Å². The summed E-state index contributed by atoms with van der Waals surface area (Å²) in [5.74, 6) is -0.0747. The van der Waals surface area contributed by atoms with Crippen LogP contribution in [0.3, 0.4) is 0 Å². The number of pyridine rings is 1. The lowest BCUT2D eigenvalue weighted by Gasteiger charge is -2.08. The van der Waals surface area contributed by atoms with Crippen LogP contribution < -0.4 is 10.6 Å². The molecule has 116 valence electrons. The molecule has 0 saturated heterocycles. The molecule has 0 unspecified atom stereocenters. The van der Waals surface area contributed by atoms with E-state index >= 15 is 0 Å². The van der Waals surface area contributed by atoms with Gasteiger partial charge in [-0.15, -0.1) is 0 Å². The second-order valence-corrected chi connectivity index (χ2v) is 5.11. The maximum absolute atomic E-state index is 11.0. The topological polar surface area (TPSA) is 82.7 Å². The zero-order valence-corrected chi connectivity index (χ0v) is 12.7. The van der Waals surface area contributed by atoms with Crippen LogP contribution in [0.25, 0.3) is 11.4 Å². The minimum atomic E-state index is -0.0747. The Labute approximate surface area is 134 Å². The highest BCUT2D eigenvalue weighted by Gasteiger charge is 2.08. The molecule has 23 heavy (non-hydrogen) atoms. The van der Waals surface area contributed by atoms with Crippen molar-refractivity contribution >= 4 is 17.3 Å². The summed E-state index contributed by atoms with van der Waals surface area (Å²) in [6, 6.07) is 13.5. The minimum Gasteiger partial charge on any atom is -0.378 e. The third-order valence-corrected chi connectivity index (χ3v) is 3.32. The fourth-order valence-corrected chi connectivity index (χ4v) is 2.23. The molecular weight excluding hydrogens is 290 g/mol. The number of hydrogen-bond acceptors (Lipinski definition) is 4. The summed E-state index contributed by atoms with van der Waals surface area (Å²) >= 11 is 0. The predicted molar refractivity (Wildman–Crippen MR) is 89.9 cm³/mol. The molecule has 0 aliphatic rings. The molecule has 6 heteroatoms. The molecule has 2 aromatic heterocycles. The average Bonchev–Trinajstić information content (AvgIpc) is 3.03. The van der Waals surface area contributed by atoms with Crippen molar-refractivity contribution in [1.29, 1.82) is 0 Å². The van der Waals surface area contributed by atoms with E-state index in [0.717, 1.165) is 28.3 Å². The predicted octanol–water partition coefficient (Wildman–Crippen LogP) is 3.04. The van der Waals surface area contributed by atoms with Crippen LogP contribution in [-0.2, 0) is 11.3 Å². The number of rotatable bonds is 5. The second-order valence-electron chi connectivity index (χ2n) is 5.11. The van der Waals surface area contributed by atoms with Crippen LogP contribution in [0.1, 0.15) is 12.5 Å². The minimum absolute atomic E-state index is 0.0747. The number of aromatic nitrogens is 3. The van der Waals surface area contributed by atoms with Crippen molar-refractivity contribution < 1.29 is 4.79 Å². The van der Waals surface area contributed by atoms with Crippen molar-refractivity contribution in [1.82, 2.24) is 15.2 Å². The van der Waals surface area contributed by atoms with E-state index in [9.17, 15) is 4.79 Å². The molecule has 6 nitrogen and oxygen atoms in total. The molecule has 0 atom stereocenters. The number of nitrogens with zero attached hydrogens (tertiary/aromatic N) is 2. The number of anilines is 2. The van der Waals surface area contributed by atoms with Gasteiger partial charge in [0.1, 0.15) is 5.69 Å². The number of benzene rings is 1. The van der Waals surface area contributed by atoms with E-state index in [4.69, 9.17) is 0 Å². The molecule has 0 bridgehead atoms. The number of carbonyl (C=O) groups excluding carboxylic acids is 1. The van der Waals surface area contributed by atoms with Gasteiger partial charge in [-0.05, 0) is 29.8 Å². The largest absolute Gasteiger partial charge is 0.378 e. The Balaban J connectivity index is 1.67. The molecule has 3 N–H and O–H groups in total. The smallest absolute Gasteiger partial charge is 0.221 e. The molecule has 0 fully saturated rings. The highest BCUT2D eigenvalue weighted by atomic mass is 16.1. The maximum atomic E-state index is 11.0. The first-order chi connectivity index (χ1) is 11.2. The van der Waals surface area contributed by atoms with Crippen molar-refractivity contribution in [3.8, 4) is 11.4 Å². The first-order valence-electron chi connectivity index (χ1n) is 7.27. The Morgan fingerprint density at radius 3 is 2.70 bits per heavy atom. The van der Waals surface area contributed by atoms with Gasteiger partial charge in [0.15, 0.2) is 0 Å². The lowest BCUT2D eigenvalue weighted by molar-refractivity contribution is -0.114. The molecule has 2 heterocycles. The van der Waals surface area contributed by atoms with E-state index in [1.807, 2.05) is 42.5 Å². The number of nitrogens with one attached hydrogen (secondary N) is 3. The van der Waals surface area contributed by atoms with Gasteiger partial charge in [0.2, 0.25) is 5.91 Å². The fourth-order valence-electron chi connectivity index (χ4n) is 2.23. The summed E-state index contributed by atoms with van der Waals surface area (Å²) in [6.07, 6.45) is 3.50. The Bertz CT molecular complexity index is 780. The van der Waals surface area contributed by atoms with Crippen LogP contribution in [0.15, 0.2) is 54.9 Å². The normalized spacial score (nSPS) is 10.3. The summed E-state index contributed by atoms with van der Waals surface area (Å²) < 4.78 is 0.